The molecule has 0 fully saturated rings. The van der Waals surface area contributed by atoms with Crippen LogP contribution in [0.4, 0.5) is 10.1 Å². The Morgan fingerprint density at radius 2 is 1.85 bits per heavy atom. The van der Waals surface area contributed by atoms with Crippen LogP contribution in [-0.4, -0.2) is 32.3 Å². The molecular weight excluding hydrogens is 453 g/mol. The molecule has 0 bridgehead atoms. The Kier molecular flexibility index (Phi) is 8.22. The Bertz CT molecular complexity index is 1200. The predicted octanol–water partition coefficient (Wildman–Crippen LogP) is 4.75. The van der Waals surface area contributed by atoms with Crippen LogP contribution in [0.15, 0.2) is 54.2 Å². The van der Waals surface area contributed by atoms with Gasteiger partial charge >= 0.3 is 0 Å². The molecule has 178 valence electrons. The molecule has 0 aliphatic rings. The van der Waals surface area contributed by atoms with Gasteiger partial charge in [0, 0.05) is 12.2 Å². The number of carbonyl (C=O) groups excluding carboxylic acids is 2. The molecule has 0 aliphatic carbocycles. The maximum Gasteiger partial charge on any atom is 0.254 e. The number of anilines is 1. The van der Waals surface area contributed by atoms with Crippen LogP contribution >= 0.6 is 11.8 Å². The van der Waals surface area contributed by atoms with E-state index in [2.05, 4.69) is 27.4 Å². The first-order valence-corrected chi connectivity index (χ1v) is 11.8. The van der Waals surface area contributed by atoms with Gasteiger partial charge in [0.1, 0.15) is 5.82 Å². The van der Waals surface area contributed by atoms with E-state index in [1.165, 1.54) is 30.0 Å². The molecule has 0 unspecified atom stereocenters. The highest BCUT2D eigenvalue weighted by atomic mass is 32.2. The number of nitrogens with zero attached hydrogens (tertiary/aromatic N) is 3. The molecule has 3 rings (SSSR count). The molecule has 1 atom stereocenters. The molecule has 0 saturated carbocycles. The maximum absolute atomic E-state index is 14.0. The quantitative estimate of drug-likeness (QED) is 0.340. The van der Waals surface area contributed by atoms with E-state index in [1.54, 1.807) is 23.6 Å². The molecule has 2 aromatic carbocycles. The number of hydrogen-bond acceptors (Lipinski definition) is 5. The summed E-state index contributed by atoms with van der Waals surface area (Å²) in [6, 6.07) is 9.29. The van der Waals surface area contributed by atoms with Crippen molar-refractivity contribution in [2.24, 2.45) is 0 Å². The van der Waals surface area contributed by atoms with Crippen molar-refractivity contribution in [3.05, 3.63) is 82.9 Å². The first-order chi connectivity index (χ1) is 16.2. The fourth-order valence-electron chi connectivity index (χ4n) is 3.69. The van der Waals surface area contributed by atoms with Crippen LogP contribution in [0.5, 0.6) is 0 Å². The Hall–Kier alpha value is -3.46. The van der Waals surface area contributed by atoms with Crippen molar-refractivity contribution in [2.75, 3.05) is 11.1 Å². The third-order valence-electron chi connectivity index (χ3n) is 5.18. The summed E-state index contributed by atoms with van der Waals surface area (Å²) in [5.74, 6) is -0.677. The fourth-order valence-corrected chi connectivity index (χ4v) is 4.45. The van der Waals surface area contributed by atoms with E-state index in [-0.39, 0.29) is 17.2 Å². The van der Waals surface area contributed by atoms with Gasteiger partial charge in [-0.05, 0) is 51.0 Å². The number of aromatic nitrogens is 3. The van der Waals surface area contributed by atoms with Crippen LogP contribution in [0, 0.1) is 26.6 Å². The van der Waals surface area contributed by atoms with E-state index in [0.29, 0.717) is 17.5 Å². The summed E-state index contributed by atoms with van der Waals surface area (Å²) in [6.45, 7) is 11.9. The summed E-state index contributed by atoms with van der Waals surface area (Å²) in [7, 11) is 0. The third-order valence-corrected chi connectivity index (χ3v) is 6.15. The molecule has 2 amide bonds. The van der Waals surface area contributed by atoms with Gasteiger partial charge in [-0.25, -0.2) is 4.39 Å². The summed E-state index contributed by atoms with van der Waals surface area (Å²) in [5.41, 5.74) is 3.93. The molecule has 0 saturated heterocycles. The van der Waals surface area contributed by atoms with Crippen molar-refractivity contribution < 1.29 is 14.0 Å². The number of allylic oxidation sites excluding steroid dienone is 1. The van der Waals surface area contributed by atoms with Crippen molar-refractivity contribution in [3.63, 3.8) is 0 Å². The Balaban J connectivity index is 1.70. The number of hydrogen-bond donors (Lipinski definition) is 2. The summed E-state index contributed by atoms with van der Waals surface area (Å²) >= 11 is 1.24. The van der Waals surface area contributed by atoms with Crippen molar-refractivity contribution in [1.82, 2.24) is 20.1 Å². The summed E-state index contributed by atoms with van der Waals surface area (Å²) in [6.07, 6.45) is 1.68. The number of amides is 2. The van der Waals surface area contributed by atoms with Gasteiger partial charge in [0.2, 0.25) is 5.91 Å². The van der Waals surface area contributed by atoms with Crippen molar-refractivity contribution in [2.45, 2.75) is 45.4 Å². The lowest BCUT2D eigenvalue weighted by Gasteiger charge is -2.16. The zero-order valence-electron chi connectivity index (χ0n) is 19.7. The molecule has 1 heterocycles. The monoisotopic (exact) mass is 481 g/mol. The Labute approximate surface area is 202 Å². The minimum absolute atomic E-state index is 0.0444. The normalized spacial score (nSPS) is 11.7. The number of carbonyl (C=O) groups is 2. The standard InChI is InChI=1S/C25H28FN5O2S/c1-6-11-31-23(18(5)27-24(33)19-9-7-8-10-20(19)26)29-30-25(31)34-14-21(32)28-22-16(3)12-15(2)13-17(22)4/h6-10,12-13,18H,1,11,14H2,2-5H3,(H,27,33)(H,28,32)/t18-/m1/s1. The number of nitrogens with one attached hydrogen (secondary N) is 2. The lowest BCUT2D eigenvalue weighted by Crippen LogP contribution is -2.29. The summed E-state index contributed by atoms with van der Waals surface area (Å²) < 4.78 is 15.7. The first kappa shape index (κ1) is 25.2. The average Bonchev–Trinajstić information content (AvgIpc) is 3.18. The minimum Gasteiger partial charge on any atom is -0.342 e. The molecule has 9 heteroatoms. The van der Waals surface area contributed by atoms with E-state index in [1.807, 2.05) is 32.9 Å². The highest BCUT2D eigenvalue weighted by Crippen LogP contribution is 2.24. The molecule has 0 aliphatic heterocycles. The highest BCUT2D eigenvalue weighted by Gasteiger charge is 2.21. The first-order valence-electron chi connectivity index (χ1n) is 10.8. The number of halogens is 1. The summed E-state index contributed by atoms with van der Waals surface area (Å²) in [4.78, 5) is 25.1. The van der Waals surface area contributed by atoms with Gasteiger partial charge in [0.05, 0.1) is 17.4 Å². The third kappa shape index (κ3) is 5.91. The molecule has 7 nitrogen and oxygen atoms in total. The zero-order valence-corrected chi connectivity index (χ0v) is 20.5. The van der Waals surface area contributed by atoms with E-state index >= 15 is 0 Å². The highest BCUT2D eigenvalue weighted by molar-refractivity contribution is 7.99. The van der Waals surface area contributed by atoms with Crippen LogP contribution in [0.25, 0.3) is 0 Å². The SMILES string of the molecule is C=CCn1c(SCC(=O)Nc2c(C)cc(C)cc2C)nnc1[C@@H](C)NC(=O)c1ccccc1F. The second-order valence-electron chi connectivity index (χ2n) is 8.03. The second kappa shape index (κ2) is 11.1. The smallest absolute Gasteiger partial charge is 0.254 e. The van der Waals surface area contributed by atoms with Gasteiger partial charge in [-0.2, -0.15) is 0 Å². The molecule has 2 N–H and O–H groups in total. The summed E-state index contributed by atoms with van der Waals surface area (Å²) in [5, 5.41) is 14.7. The van der Waals surface area contributed by atoms with Crippen molar-refractivity contribution in [1.29, 1.82) is 0 Å². The number of aryl methyl sites for hydroxylation is 3. The lowest BCUT2D eigenvalue weighted by atomic mass is 10.1. The van der Waals surface area contributed by atoms with Crippen LogP contribution in [-0.2, 0) is 11.3 Å². The van der Waals surface area contributed by atoms with Gasteiger partial charge in [-0.15, -0.1) is 16.8 Å². The lowest BCUT2D eigenvalue weighted by molar-refractivity contribution is -0.113. The van der Waals surface area contributed by atoms with Crippen molar-refractivity contribution >= 4 is 29.3 Å². The second-order valence-corrected chi connectivity index (χ2v) is 8.97. The largest absolute Gasteiger partial charge is 0.342 e. The van der Waals surface area contributed by atoms with Gasteiger partial charge in [-0.3, -0.25) is 9.59 Å². The van der Waals surface area contributed by atoms with Crippen LogP contribution in [0.2, 0.25) is 0 Å². The van der Waals surface area contributed by atoms with E-state index in [4.69, 9.17) is 0 Å². The minimum atomic E-state index is -0.596. The maximum atomic E-state index is 14.0. The van der Waals surface area contributed by atoms with Gasteiger partial charge < -0.3 is 15.2 Å². The number of benzene rings is 2. The fraction of sp³-hybridized carbons (Fsp3) is 0.280. The molecule has 1 aromatic heterocycles. The van der Waals surface area contributed by atoms with Crippen LogP contribution in [0.1, 0.15) is 45.8 Å². The van der Waals surface area contributed by atoms with Gasteiger partial charge in [0.25, 0.3) is 5.91 Å². The topological polar surface area (TPSA) is 88.9 Å². The molecule has 3 aromatic rings. The number of thioether (sulfide) groups is 1. The predicted molar refractivity (Wildman–Crippen MR) is 133 cm³/mol. The average molecular weight is 482 g/mol. The molecule has 34 heavy (non-hydrogen) atoms. The van der Waals surface area contributed by atoms with Crippen LogP contribution < -0.4 is 10.6 Å². The Morgan fingerprint density at radius 1 is 1.18 bits per heavy atom. The zero-order chi connectivity index (χ0) is 24.8. The van der Waals surface area contributed by atoms with E-state index < -0.39 is 17.8 Å². The van der Waals surface area contributed by atoms with E-state index in [9.17, 15) is 14.0 Å². The van der Waals surface area contributed by atoms with Gasteiger partial charge in [0.15, 0.2) is 11.0 Å². The van der Waals surface area contributed by atoms with Crippen molar-refractivity contribution in [3.8, 4) is 0 Å². The molecule has 0 spiro atoms. The molecule has 0 radical (unpaired) electrons. The van der Waals surface area contributed by atoms with Crippen LogP contribution in [0.3, 0.4) is 0 Å². The number of rotatable bonds is 9. The Morgan fingerprint density at radius 3 is 2.50 bits per heavy atom. The van der Waals surface area contributed by atoms with E-state index in [0.717, 1.165) is 22.4 Å². The van der Waals surface area contributed by atoms with Gasteiger partial charge in [-0.1, -0.05) is 47.7 Å². The molecular formula is C25H28FN5O2S.